The maximum absolute atomic E-state index is 12.4. The van der Waals surface area contributed by atoms with Gasteiger partial charge in [0.2, 0.25) is 5.89 Å². The summed E-state index contributed by atoms with van der Waals surface area (Å²) in [7, 11) is 0. The van der Waals surface area contributed by atoms with Crippen LogP contribution in [0.25, 0.3) is 11.5 Å². The number of nitro benzene ring substituents is 1. The second-order valence-electron chi connectivity index (χ2n) is 7.75. The highest BCUT2D eigenvalue weighted by Gasteiger charge is 2.38. The van der Waals surface area contributed by atoms with Gasteiger partial charge in [0.25, 0.3) is 11.6 Å². The summed E-state index contributed by atoms with van der Waals surface area (Å²) in [6.07, 6.45) is -1.17. The number of aryl methyl sites for hydroxylation is 1. The van der Waals surface area contributed by atoms with Crippen molar-refractivity contribution in [3.63, 3.8) is 0 Å². The summed E-state index contributed by atoms with van der Waals surface area (Å²) in [4.78, 5) is 22.6. The monoisotopic (exact) mass is 425 g/mol. The third kappa shape index (κ3) is 5.25. The molecule has 0 saturated carbocycles. The van der Waals surface area contributed by atoms with Crippen LogP contribution in [0.3, 0.4) is 0 Å². The van der Waals surface area contributed by atoms with Crippen molar-refractivity contribution in [3.05, 3.63) is 70.1 Å². The van der Waals surface area contributed by atoms with Crippen LogP contribution in [0.15, 0.2) is 52.9 Å². The topological polar surface area (TPSA) is 118 Å². The number of benzene rings is 2. The molecule has 162 valence electrons. The number of non-ortho nitro benzene ring substituents is 1. The number of nitro groups is 1. The normalized spacial score (nSPS) is 12.3. The average molecular weight is 425 g/mol. The molecule has 0 bridgehead atoms. The van der Waals surface area contributed by atoms with E-state index in [0.717, 1.165) is 11.1 Å². The first-order valence-electron chi connectivity index (χ1n) is 9.73. The molecule has 1 aromatic heterocycles. The second-order valence-corrected chi connectivity index (χ2v) is 7.75. The van der Waals surface area contributed by atoms with E-state index < -0.39 is 22.6 Å². The highest BCUT2D eigenvalue weighted by atomic mass is 16.7. The molecule has 2 aromatic carbocycles. The Bertz CT molecular complexity index is 1060. The van der Waals surface area contributed by atoms with E-state index in [9.17, 15) is 14.9 Å². The number of ether oxygens (including phenoxy) is 2. The van der Waals surface area contributed by atoms with E-state index in [0.29, 0.717) is 12.3 Å². The molecule has 0 N–H and O–H groups in total. The fourth-order valence-corrected chi connectivity index (χ4v) is 2.74. The van der Waals surface area contributed by atoms with E-state index in [-0.39, 0.29) is 17.3 Å². The van der Waals surface area contributed by atoms with Crippen molar-refractivity contribution < 1.29 is 23.6 Å². The van der Waals surface area contributed by atoms with Crippen molar-refractivity contribution in [1.29, 1.82) is 0 Å². The zero-order valence-electron chi connectivity index (χ0n) is 17.7. The maximum Gasteiger partial charge on any atom is 0.514 e. The number of hydrogen-bond acceptors (Lipinski definition) is 8. The Morgan fingerprint density at radius 1 is 1.13 bits per heavy atom. The molecule has 1 atom stereocenters. The lowest BCUT2D eigenvalue weighted by Gasteiger charge is -2.29. The summed E-state index contributed by atoms with van der Waals surface area (Å²) >= 11 is 0. The average Bonchev–Trinajstić information content (AvgIpc) is 3.22. The summed E-state index contributed by atoms with van der Waals surface area (Å²) in [5.74, 6) is 0.594. The van der Waals surface area contributed by atoms with Gasteiger partial charge in [0, 0.05) is 23.1 Å². The Kier molecular flexibility index (Phi) is 6.33. The summed E-state index contributed by atoms with van der Waals surface area (Å²) in [6, 6.07) is 12.7. The highest BCUT2D eigenvalue weighted by molar-refractivity contribution is 5.64. The van der Waals surface area contributed by atoms with Crippen LogP contribution >= 0.6 is 0 Å². The Morgan fingerprint density at radius 3 is 2.35 bits per heavy atom. The molecule has 0 aliphatic heterocycles. The molecule has 0 amide bonds. The molecule has 0 spiro atoms. The first-order valence-corrected chi connectivity index (χ1v) is 9.73. The first-order chi connectivity index (χ1) is 14.7. The molecule has 0 radical (unpaired) electrons. The minimum atomic E-state index is -0.976. The molecule has 0 aliphatic rings. The quantitative estimate of drug-likeness (QED) is 0.206. The van der Waals surface area contributed by atoms with Gasteiger partial charge in [0.15, 0.2) is 6.10 Å². The van der Waals surface area contributed by atoms with E-state index in [1.165, 1.54) is 24.3 Å². The van der Waals surface area contributed by atoms with Gasteiger partial charge < -0.3 is 13.9 Å². The van der Waals surface area contributed by atoms with Crippen molar-refractivity contribution in [1.82, 2.24) is 10.2 Å². The predicted octanol–water partition coefficient (Wildman–Crippen LogP) is 5.65. The van der Waals surface area contributed by atoms with E-state index in [1.54, 1.807) is 0 Å². The SMILES string of the molecule is CCC(C)(C)[C@@H](OC(=O)Oc1ccc([N+](=O)[O-])cc1)c1nnc(-c2ccc(C)cc2)o1. The standard InChI is InChI=1S/C22H23N3O6/c1-5-22(3,4)18(20-24-23-19(31-20)15-8-6-14(2)7-9-15)30-21(26)29-17-12-10-16(11-13-17)25(27)28/h6-13,18H,5H2,1-4H3/t18-/m0/s1. The van der Waals surface area contributed by atoms with Crippen LogP contribution in [0.4, 0.5) is 10.5 Å². The van der Waals surface area contributed by atoms with Gasteiger partial charge in [-0.1, -0.05) is 38.5 Å². The van der Waals surface area contributed by atoms with Gasteiger partial charge in [-0.3, -0.25) is 10.1 Å². The minimum absolute atomic E-state index is 0.111. The minimum Gasteiger partial charge on any atom is -0.420 e. The molecule has 3 aromatic rings. The Morgan fingerprint density at radius 2 is 1.77 bits per heavy atom. The van der Waals surface area contributed by atoms with Crippen LogP contribution < -0.4 is 4.74 Å². The lowest BCUT2D eigenvalue weighted by atomic mass is 9.83. The van der Waals surface area contributed by atoms with Gasteiger partial charge >= 0.3 is 6.16 Å². The Hall–Kier alpha value is -3.75. The molecule has 3 rings (SSSR count). The van der Waals surface area contributed by atoms with Crippen LogP contribution in [-0.4, -0.2) is 21.3 Å². The number of carbonyl (C=O) groups is 1. The summed E-state index contributed by atoms with van der Waals surface area (Å²) in [5, 5.41) is 18.9. The van der Waals surface area contributed by atoms with Crippen LogP contribution in [-0.2, 0) is 4.74 Å². The van der Waals surface area contributed by atoms with Gasteiger partial charge in [-0.25, -0.2) is 4.79 Å². The van der Waals surface area contributed by atoms with Crippen molar-refractivity contribution in [3.8, 4) is 17.2 Å². The molecule has 9 heteroatoms. The summed E-state index contributed by atoms with van der Waals surface area (Å²) in [5.41, 5.74) is 1.22. The largest absolute Gasteiger partial charge is 0.514 e. The van der Waals surface area contributed by atoms with Crippen LogP contribution in [0.5, 0.6) is 5.75 Å². The molecule has 0 unspecified atom stereocenters. The number of hydrogen-bond donors (Lipinski definition) is 0. The van der Waals surface area contributed by atoms with Crippen molar-refractivity contribution in [2.75, 3.05) is 0 Å². The molecule has 31 heavy (non-hydrogen) atoms. The zero-order chi connectivity index (χ0) is 22.6. The lowest BCUT2D eigenvalue weighted by molar-refractivity contribution is -0.384. The van der Waals surface area contributed by atoms with Crippen LogP contribution in [0.1, 0.15) is 44.8 Å². The molecular weight excluding hydrogens is 402 g/mol. The van der Waals surface area contributed by atoms with Crippen molar-refractivity contribution >= 4 is 11.8 Å². The van der Waals surface area contributed by atoms with Gasteiger partial charge in [-0.15, -0.1) is 10.2 Å². The summed E-state index contributed by atoms with van der Waals surface area (Å²) in [6.45, 7) is 7.75. The first kappa shape index (κ1) is 21.9. The van der Waals surface area contributed by atoms with Gasteiger partial charge in [0.1, 0.15) is 5.75 Å². The van der Waals surface area contributed by atoms with Gasteiger partial charge in [-0.05, 0) is 37.6 Å². The number of aromatic nitrogens is 2. The molecule has 0 aliphatic carbocycles. The highest BCUT2D eigenvalue weighted by Crippen LogP contribution is 2.39. The van der Waals surface area contributed by atoms with E-state index in [2.05, 4.69) is 10.2 Å². The predicted molar refractivity (Wildman–Crippen MR) is 111 cm³/mol. The van der Waals surface area contributed by atoms with Crippen LogP contribution in [0.2, 0.25) is 0 Å². The maximum atomic E-state index is 12.4. The molecule has 9 nitrogen and oxygen atoms in total. The number of nitrogens with zero attached hydrogens (tertiary/aromatic N) is 3. The van der Waals surface area contributed by atoms with E-state index >= 15 is 0 Å². The lowest BCUT2D eigenvalue weighted by Crippen LogP contribution is -2.28. The number of carbonyl (C=O) groups excluding carboxylic acids is 1. The fraction of sp³-hybridized carbons (Fsp3) is 0.318. The second kappa shape index (κ2) is 8.95. The molecular formula is C22H23N3O6. The molecule has 0 fully saturated rings. The smallest absolute Gasteiger partial charge is 0.420 e. The Balaban J connectivity index is 1.79. The van der Waals surface area contributed by atoms with Gasteiger partial charge in [-0.2, -0.15) is 0 Å². The molecule has 1 heterocycles. The van der Waals surface area contributed by atoms with Gasteiger partial charge in [0.05, 0.1) is 4.92 Å². The third-order valence-electron chi connectivity index (χ3n) is 5.05. The summed E-state index contributed by atoms with van der Waals surface area (Å²) < 4.78 is 16.5. The third-order valence-corrected chi connectivity index (χ3v) is 5.05. The van der Waals surface area contributed by atoms with E-state index in [1.807, 2.05) is 52.0 Å². The Labute approximate surface area is 179 Å². The zero-order valence-corrected chi connectivity index (χ0v) is 17.7. The van der Waals surface area contributed by atoms with Crippen LogP contribution in [0, 0.1) is 22.5 Å². The van der Waals surface area contributed by atoms with Crippen molar-refractivity contribution in [2.45, 2.75) is 40.2 Å². The van der Waals surface area contributed by atoms with Crippen molar-refractivity contribution in [2.24, 2.45) is 5.41 Å². The van der Waals surface area contributed by atoms with E-state index in [4.69, 9.17) is 13.9 Å². The fourth-order valence-electron chi connectivity index (χ4n) is 2.74. The number of rotatable bonds is 7. The molecule has 0 saturated heterocycles.